The van der Waals surface area contributed by atoms with Gasteiger partial charge in [0.25, 0.3) is 5.91 Å². The van der Waals surface area contributed by atoms with Crippen LogP contribution in [-0.2, 0) is 9.59 Å². The lowest BCUT2D eigenvalue weighted by molar-refractivity contribution is -0.137. The van der Waals surface area contributed by atoms with Crippen molar-refractivity contribution < 1.29 is 24.2 Å². The molecule has 1 saturated heterocycles. The Kier molecular flexibility index (Phi) is 6.22. The Hall–Kier alpha value is -2.06. The molecule has 8 heteroatoms. The average Bonchev–Trinajstić information content (AvgIpc) is 2.82. The van der Waals surface area contributed by atoms with E-state index in [1.807, 2.05) is 0 Å². The minimum atomic E-state index is -0.890. The summed E-state index contributed by atoms with van der Waals surface area (Å²) in [6.45, 7) is 0.300. The summed E-state index contributed by atoms with van der Waals surface area (Å²) in [5.74, 6) is 0.142. The number of carboxylic acid groups (broad SMARTS) is 1. The lowest BCUT2D eigenvalue weighted by Gasteiger charge is -2.13. The standard InChI is InChI=1S/C16H17NO5S2/c1-21-11-6-5-10(12(9-11)22-2)8-13-15(20)17(16(23)24-13)7-3-4-14(18)19/h5-6,8-9H,3-4,7H2,1-2H3,(H,18,19)/b13-8-. The first-order valence-corrected chi connectivity index (χ1v) is 8.38. The van der Waals surface area contributed by atoms with Gasteiger partial charge in [0.15, 0.2) is 0 Å². The number of hydrogen-bond donors (Lipinski definition) is 1. The van der Waals surface area contributed by atoms with Crippen molar-refractivity contribution in [1.82, 2.24) is 4.90 Å². The zero-order valence-electron chi connectivity index (χ0n) is 13.3. The van der Waals surface area contributed by atoms with Crippen molar-refractivity contribution >= 4 is 46.3 Å². The highest BCUT2D eigenvalue weighted by Gasteiger charge is 2.31. The van der Waals surface area contributed by atoms with Crippen LogP contribution in [-0.4, -0.2) is 47.0 Å². The lowest BCUT2D eigenvalue weighted by Crippen LogP contribution is -2.29. The van der Waals surface area contributed by atoms with Gasteiger partial charge in [-0.1, -0.05) is 24.0 Å². The quantitative estimate of drug-likeness (QED) is 0.586. The number of carboxylic acids is 1. The third-order valence-electron chi connectivity index (χ3n) is 3.37. The van der Waals surface area contributed by atoms with E-state index in [2.05, 4.69) is 0 Å². The van der Waals surface area contributed by atoms with Crippen molar-refractivity contribution in [3.8, 4) is 11.5 Å². The van der Waals surface area contributed by atoms with Gasteiger partial charge < -0.3 is 14.6 Å². The highest BCUT2D eigenvalue weighted by molar-refractivity contribution is 8.26. The first kappa shape index (κ1) is 18.3. The molecule has 1 fully saturated rings. The summed E-state index contributed by atoms with van der Waals surface area (Å²) in [6, 6.07) is 5.32. The van der Waals surface area contributed by atoms with Gasteiger partial charge in [0.1, 0.15) is 15.8 Å². The van der Waals surface area contributed by atoms with E-state index in [0.717, 1.165) is 5.56 Å². The fraction of sp³-hybridized carbons (Fsp3) is 0.312. The Labute approximate surface area is 149 Å². The number of nitrogens with zero attached hydrogens (tertiary/aromatic N) is 1. The number of carbonyl (C=O) groups is 2. The molecule has 0 unspecified atom stereocenters. The summed E-state index contributed by atoms with van der Waals surface area (Å²) < 4.78 is 10.9. The van der Waals surface area contributed by atoms with Gasteiger partial charge in [-0.15, -0.1) is 0 Å². The normalized spacial score (nSPS) is 15.9. The van der Waals surface area contributed by atoms with Crippen LogP contribution in [0.15, 0.2) is 23.1 Å². The smallest absolute Gasteiger partial charge is 0.303 e. The number of thioether (sulfide) groups is 1. The fourth-order valence-electron chi connectivity index (χ4n) is 2.16. The number of carbonyl (C=O) groups excluding carboxylic acids is 1. The molecule has 1 N–H and O–H groups in total. The summed E-state index contributed by atoms with van der Waals surface area (Å²) in [5, 5.41) is 8.69. The van der Waals surface area contributed by atoms with Crippen molar-refractivity contribution in [2.75, 3.05) is 20.8 Å². The van der Waals surface area contributed by atoms with Gasteiger partial charge in [-0.05, 0) is 24.6 Å². The predicted octanol–water partition coefficient (Wildman–Crippen LogP) is 2.77. The molecule has 1 heterocycles. The van der Waals surface area contributed by atoms with E-state index < -0.39 is 5.97 Å². The predicted molar refractivity (Wildman–Crippen MR) is 96.3 cm³/mol. The van der Waals surface area contributed by atoms with Crippen molar-refractivity contribution in [3.63, 3.8) is 0 Å². The van der Waals surface area contributed by atoms with Crippen LogP contribution in [0.25, 0.3) is 6.08 Å². The molecule has 24 heavy (non-hydrogen) atoms. The maximum atomic E-state index is 12.5. The van der Waals surface area contributed by atoms with Gasteiger partial charge in [0.05, 0.1) is 19.1 Å². The van der Waals surface area contributed by atoms with E-state index in [9.17, 15) is 9.59 Å². The minimum absolute atomic E-state index is 0.00239. The second kappa shape index (κ2) is 8.16. The highest BCUT2D eigenvalue weighted by atomic mass is 32.2. The molecule has 6 nitrogen and oxygen atoms in total. The van der Waals surface area contributed by atoms with Crippen LogP contribution >= 0.6 is 24.0 Å². The Morgan fingerprint density at radius 2 is 2.12 bits per heavy atom. The zero-order chi connectivity index (χ0) is 17.7. The van der Waals surface area contributed by atoms with Gasteiger partial charge in [-0.25, -0.2) is 0 Å². The van der Waals surface area contributed by atoms with E-state index in [4.69, 9.17) is 26.8 Å². The molecule has 0 aliphatic carbocycles. The maximum Gasteiger partial charge on any atom is 0.303 e. The molecule has 1 aromatic rings. The van der Waals surface area contributed by atoms with E-state index in [-0.39, 0.29) is 12.3 Å². The van der Waals surface area contributed by atoms with Crippen LogP contribution < -0.4 is 9.47 Å². The van der Waals surface area contributed by atoms with E-state index >= 15 is 0 Å². The summed E-state index contributed by atoms with van der Waals surface area (Å²) >= 11 is 6.42. The number of rotatable bonds is 7. The molecule has 1 aromatic carbocycles. The number of benzene rings is 1. The molecule has 1 aliphatic heterocycles. The summed E-state index contributed by atoms with van der Waals surface area (Å²) in [4.78, 5) is 25.0. The summed E-state index contributed by atoms with van der Waals surface area (Å²) in [6.07, 6.45) is 2.08. The first-order chi connectivity index (χ1) is 11.5. The van der Waals surface area contributed by atoms with Gasteiger partial charge in [0.2, 0.25) is 0 Å². The van der Waals surface area contributed by atoms with Crippen molar-refractivity contribution in [2.45, 2.75) is 12.8 Å². The zero-order valence-corrected chi connectivity index (χ0v) is 14.9. The number of ether oxygens (including phenoxy) is 2. The van der Waals surface area contributed by atoms with Crippen molar-refractivity contribution in [1.29, 1.82) is 0 Å². The Morgan fingerprint density at radius 3 is 2.75 bits per heavy atom. The number of methoxy groups -OCH3 is 2. The van der Waals surface area contributed by atoms with Crippen LogP contribution in [0.5, 0.6) is 11.5 Å². The van der Waals surface area contributed by atoms with Crippen LogP contribution in [0.4, 0.5) is 0 Å². The van der Waals surface area contributed by atoms with Crippen molar-refractivity contribution in [3.05, 3.63) is 28.7 Å². The van der Waals surface area contributed by atoms with Crippen LogP contribution in [0.2, 0.25) is 0 Å². The van der Waals surface area contributed by atoms with E-state index in [0.29, 0.717) is 33.7 Å². The van der Waals surface area contributed by atoms with Gasteiger partial charge >= 0.3 is 5.97 Å². The lowest BCUT2D eigenvalue weighted by atomic mass is 10.1. The molecule has 0 atom stereocenters. The number of amides is 1. The monoisotopic (exact) mass is 367 g/mol. The molecule has 0 radical (unpaired) electrons. The van der Waals surface area contributed by atoms with Crippen LogP contribution in [0.3, 0.4) is 0 Å². The second-order valence-electron chi connectivity index (χ2n) is 4.94. The second-order valence-corrected chi connectivity index (χ2v) is 6.61. The van der Waals surface area contributed by atoms with Crippen LogP contribution in [0.1, 0.15) is 18.4 Å². The summed E-state index contributed by atoms with van der Waals surface area (Å²) in [5.41, 5.74) is 0.740. The van der Waals surface area contributed by atoms with E-state index in [1.54, 1.807) is 38.5 Å². The molecule has 0 bridgehead atoms. The molecule has 0 spiro atoms. The average molecular weight is 367 g/mol. The largest absolute Gasteiger partial charge is 0.497 e. The van der Waals surface area contributed by atoms with Crippen LogP contribution in [0, 0.1) is 0 Å². The minimum Gasteiger partial charge on any atom is -0.497 e. The molecule has 0 aromatic heterocycles. The highest BCUT2D eigenvalue weighted by Crippen LogP contribution is 2.35. The Balaban J connectivity index is 2.18. The van der Waals surface area contributed by atoms with Gasteiger partial charge in [-0.3, -0.25) is 14.5 Å². The van der Waals surface area contributed by atoms with Gasteiger partial charge in [0, 0.05) is 24.6 Å². The van der Waals surface area contributed by atoms with Gasteiger partial charge in [-0.2, -0.15) is 0 Å². The van der Waals surface area contributed by atoms with E-state index in [1.165, 1.54) is 16.7 Å². The molecule has 128 valence electrons. The van der Waals surface area contributed by atoms with Crippen molar-refractivity contribution in [2.24, 2.45) is 0 Å². The molecule has 1 amide bonds. The summed E-state index contributed by atoms with van der Waals surface area (Å²) in [7, 11) is 3.11. The molecule has 2 rings (SSSR count). The number of thiocarbonyl (C=S) groups is 1. The SMILES string of the molecule is COc1ccc(/C=C2\SC(=S)N(CCCC(=O)O)C2=O)c(OC)c1. The third kappa shape index (κ3) is 4.27. The number of aliphatic carboxylic acids is 1. The topological polar surface area (TPSA) is 76.1 Å². The fourth-order valence-corrected chi connectivity index (χ4v) is 3.46. The number of hydrogen-bond acceptors (Lipinski definition) is 6. The molecular formula is C16H17NO5S2. The molecule has 1 aliphatic rings. The first-order valence-electron chi connectivity index (χ1n) is 7.15. The Morgan fingerprint density at radius 1 is 1.38 bits per heavy atom. The third-order valence-corrected chi connectivity index (χ3v) is 4.75. The molecule has 0 saturated carbocycles. The molecular weight excluding hydrogens is 350 g/mol. The Bertz CT molecular complexity index is 702. The maximum absolute atomic E-state index is 12.5.